The maximum Gasteiger partial charge on any atom is 0.263 e. The number of amides is 1. The molecule has 0 N–H and O–H groups in total. The first-order valence-corrected chi connectivity index (χ1v) is 9.47. The highest BCUT2D eigenvalue weighted by atomic mass is 79.9. The second kappa shape index (κ2) is 7.16. The average Bonchev–Trinajstić information content (AvgIpc) is 3.05. The van der Waals surface area contributed by atoms with E-state index in [9.17, 15) is 4.79 Å². The van der Waals surface area contributed by atoms with E-state index < -0.39 is 0 Å². The lowest BCUT2D eigenvalue weighted by Crippen LogP contribution is -2.47. The van der Waals surface area contributed by atoms with Crippen molar-refractivity contribution in [3.05, 3.63) is 45.7 Å². The maximum absolute atomic E-state index is 12.8. The van der Waals surface area contributed by atoms with Crippen molar-refractivity contribution in [2.24, 2.45) is 0 Å². The molecule has 1 aromatic heterocycles. The molecule has 3 nitrogen and oxygen atoms in total. The molecule has 1 atom stereocenters. The quantitative estimate of drug-likeness (QED) is 0.775. The first-order valence-electron chi connectivity index (χ1n) is 7.86. The molecule has 0 radical (unpaired) electrons. The van der Waals surface area contributed by atoms with E-state index >= 15 is 0 Å². The van der Waals surface area contributed by atoms with Gasteiger partial charge in [0.05, 0.1) is 4.88 Å². The van der Waals surface area contributed by atoms with Gasteiger partial charge in [0.25, 0.3) is 5.91 Å². The molecule has 3 rings (SSSR count). The van der Waals surface area contributed by atoms with Crippen molar-refractivity contribution in [3.8, 4) is 10.4 Å². The Kier molecular flexibility index (Phi) is 5.19. The van der Waals surface area contributed by atoms with Crippen molar-refractivity contribution in [1.29, 1.82) is 0 Å². The van der Waals surface area contributed by atoms with Crippen LogP contribution in [0.3, 0.4) is 0 Å². The van der Waals surface area contributed by atoms with Gasteiger partial charge in [0.1, 0.15) is 0 Å². The third-order valence-electron chi connectivity index (χ3n) is 4.36. The van der Waals surface area contributed by atoms with Gasteiger partial charge >= 0.3 is 0 Å². The fraction of sp³-hybridized carbons (Fsp3) is 0.389. The molecule has 122 valence electrons. The Balaban J connectivity index is 1.74. The summed E-state index contributed by atoms with van der Waals surface area (Å²) < 4.78 is 1.07. The Morgan fingerprint density at radius 3 is 2.65 bits per heavy atom. The summed E-state index contributed by atoms with van der Waals surface area (Å²) in [6.07, 6.45) is 2.25. The number of carbonyl (C=O) groups is 1. The van der Waals surface area contributed by atoms with Crippen molar-refractivity contribution in [3.63, 3.8) is 0 Å². The number of benzene rings is 1. The molecule has 1 aliphatic rings. The van der Waals surface area contributed by atoms with Gasteiger partial charge in [-0.25, -0.2) is 0 Å². The lowest BCUT2D eigenvalue weighted by molar-refractivity contribution is 0.0640. The van der Waals surface area contributed by atoms with E-state index in [1.807, 2.05) is 23.1 Å². The summed E-state index contributed by atoms with van der Waals surface area (Å²) in [7, 11) is 4.19. The first kappa shape index (κ1) is 16.7. The van der Waals surface area contributed by atoms with E-state index in [0.29, 0.717) is 6.04 Å². The van der Waals surface area contributed by atoms with E-state index in [0.717, 1.165) is 39.3 Å². The molecule has 2 heterocycles. The zero-order valence-corrected chi connectivity index (χ0v) is 15.9. The van der Waals surface area contributed by atoms with Crippen LogP contribution in [0.4, 0.5) is 0 Å². The van der Waals surface area contributed by atoms with Gasteiger partial charge in [0.2, 0.25) is 0 Å². The monoisotopic (exact) mass is 392 g/mol. The standard InChI is InChI=1S/C18H21BrN2OS/c1-20(2)15-4-3-11-21(12-15)18(22)17-10-9-16(23-17)13-5-7-14(19)8-6-13/h5-10,15H,3-4,11-12H2,1-2H3. The summed E-state index contributed by atoms with van der Waals surface area (Å²) in [4.78, 5) is 19.0. The van der Waals surface area contributed by atoms with Crippen LogP contribution < -0.4 is 0 Å². The number of nitrogens with zero attached hydrogens (tertiary/aromatic N) is 2. The number of carbonyl (C=O) groups excluding carboxylic acids is 1. The summed E-state index contributed by atoms with van der Waals surface area (Å²) in [6, 6.07) is 12.7. The van der Waals surface area contributed by atoms with Gasteiger partial charge in [0.15, 0.2) is 0 Å². The molecule has 0 aliphatic carbocycles. The average molecular weight is 393 g/mol. The van der Waals surface area contributed by atoms with Crippen molar-refractivity contribution < 1.29 is 4.79 Å². The Hall–Kier alpha value is -1.17. The third kappa shape index (κ3) is 3.84. The molecule has 5 heteroatoms. The van der Waals surface area contributed by atoms with Gasteiger partial charge in [0, 0.05) is 28.5 Å². The Bertz CT molecular complexity index is 681. The highest BCUT2D eigenvalue weighted by molar-refractivity contribution is 9.10. The van der Waals surface area contributed by atoms with Gasteiger partial charge in [-0.3, -0.25) is 4.79 Å². The fourth-order valence-corrected chi connectivity index (χ4v) is 4.18. The smallest absolute Gasteiger partial charge is 0.263 e. The number of hydrogen-bond donors (Lipinski definition) is 0. The van der Waals surface area contributed by atoms with Crippen LogP contribution >= 0.6 is 27.3 Å². The summed E-state index contributed by atoms with van der Waals surface area (Å²) in [6.45, 7) is 1.70. The molecule has 1 aromatic carbocycles. The molecule has 0 saturated carbocycles. The minimum absolute atomic E-state index is 0.171. The predicted molar refractivity (Wildman–Crippen MR) is 100 cm³/mol. The van der Waals surface area contributed by atoms with Crippen LogP contribution in [0.15, 0.2) is 40.9 Å². The van der Waals surface area contributed by atoms with E-state index in [4.69, 9.17) is 0 Å². The lowest BCUT2D eigenvalue weighted by atomic mass is 10.0. The zero-order valence-electron chi connectivity index (χ0n) is 13.5. The molecule has 1 fully saturated rings. The van der Waals surface area contributed by atoms with Gasteiger partial charge in [-0.05, 0) is 56.8 Å². The molecule has 1 aliphatic heterocycles. The predicted octanol–water partition coefficient (Wildman–Crippen LogP) is 4.34. The Morgan fingerprint density at radius 2 is 1.96 bits per heavy atom. The summed E-state index contributed by atoms with van der Waals surface area (Å²) in [5, 5.41) is 0. The summed E-state index contributed by atoms with van der Waals surface area (Å²) >= 11 is 5.04. The third-order valence-corrected chi connectivity index (χ3v) is 6.01. The van der Waals surface area contributed by atoms with Crippen LogP contribution in [0, 0.1) is 0 Å². The highest BCUT2D eigenvalue weighted by Crippen LogP contribution is 2.30. The number of halogens is 1. The molecule has 23 heavy (non-hydrogen) atoms. The second-order valence-corrected chi connectivity index (χ2v) is 8.18. The molecule has 0 spiro atoms. The van der Waals surface area contributed by atoms with Crippen LogP contribution in [0.25, 0.3) is 10.4 Å². The van der Waals surface area contributed by atoms with E-state index in [1.165, 1.54) is 6.42 Å². The van der Waals surface area contributed by atoms with Crippen molar-refractivity contribution >= 4 is 33.2 Å². The van der Waals surface area contributed by atoms with Gasteiger partial charge < -0.3 is 9.80 Å². The number of piperidine rings is 1. The van der Waals surface area contributed by atoms with Crippen LogP contribution in [0.1, 0.15) is 22.5 Å². The minimum atomic E-state index is 0.171. The van der Waals surface area contributed by atoms with Crippen molar-refractivity contribution in [2.45, 2.75) is 18.9 Å². The van der Waals surface area contributed by atoms with Crippen LogP contribution in [0.2, 0.25) is 0 Å². The van der Waals surface area contributed by atoms with Crippen LogP contribution in [0.5, 0.6) is 0 Å². The molecule has 1 unspecified atom stereocenters. The molecule has 2 aromatic rings. The maximum atomic E-state index is 12.8. The highest BCUT2D eigenvalue weighted by Gasteiger charge is 2.26. The SMILES string of the molecule is CN(C)C1CCCN(C(=O)c2ccc(-c3ccc(Br)cc3)s2)C1. The molecule has 0 bridgehead atoms. The van der Waals surface area contributed by atoms with E-state index in [-0.39, 0.29) is 5.91 Å². The van der Waals surface area contributed by atoms with Gasteiger partial charge in [-0.1, -0.05) is 28.1 Å². The summed E-state index contributed by atoms with van der Waals surface area (Å²) in [5.41, 5.74) is 1.15. The number of hydrogen-bond acceptors (Lipinski definition) is 3. The van der Waals surface area contributed by atoms with Gasteiger partial charge in [-0.15, -0.1) is 11.3 Å². The van der Waals surface area contributed by atoms with Crippen LogP contribution in [-0.2, 0) is 0 Å². The number of likely N-dealkylation sites (tertiary alicyclic amines) is 1. The van der Waals surface area contributed by atoms with E-state index in [1.54, 1.807) is 11.3 Å². The lowest BCUT2D eigenvalue weighted by Gasteiger charge is -2.35. The minimum Gasteiger partial charge on any atom is -0.336 e. The number of thiophene rings is 1. The molecular weight excluding hydrogens is 372 g/mol. The Morgan fingerprint density at radius 1 is 1.22 bits per heavy atom. The molecule has 1 amide bonds. The largest absolute Gasteiger partial charge is 0.336 e. The molecular formula is C18H21BrN2OS. The number of rotatable bonds is 3. The summed E-state index contributed by atoms with van der Waals surface area (Å²) in [5.74, 6) is 0.171. The normalized spacial score (nSPS) is 18.4. The first-order chi connectivity index (χ1) is 11.0. The zero-order chi connectivity index (χ0) is 16.4. The van der Waals surface area contributed by atoms with E-state index in [2.05, 4.69) is 53.1 Å². The fourth-order valence-electron chi connectivity index (χ4n) is 2.94. The Labute approximate surface area is 150 Å². The van der Waals surface area contributed by atoms with Crippen molar-refractivity contribution in [1.82, 2.24) is 9.80 Å². The van der Waals surface area contributed by atoms with Crippen LogP contribution in [-0.4, -0.2) is 48.9 Å². The molecule has 1 saturated heterocycles. The topological polar surface area (TPSA) is 23.6 Å². The number of likely N-dealkylation sites (N-methyl/N-ethyl adjacent to an activating group) is 1. The van der Waals surface area contributed by atoms with Crippen molar-refractivity contribution in [2.75, 3.05) is 27.2 Å². The second-order valence-electron chi connectivity index (χ2n) is 6.18. The van der Waals surface area contributed by atoms with Gasteiger partial charge in [-0.2, -0.15) is 0 Å².